The highest BCUT2D eigenvalue weighted by molar-refractivity contribution is 5.81. The molecule has 0 radical (unpaired) electrons. The molecule has 0 aliphatic heterocycles. The second-order valence-corrected chi connectivity index (χ2v) is 1.75. The highest BCUT2D eigenvalue weighted by Gasteiger charge is 2.43. The average Bonchev–Trinajstić information content (AvgIpc) is 1.97. The number of alkyl halides is 3. The lowest BCUT2D eigenvalue weighted by Gasteiger charge is -2.17. The second kappa shape index (κ2) is 4.10. The molecule has 0 fully saturated rings. The van der Waals surface area contributed by atoms with E-state index in [0.29, 0.717) is 6.08 Å². The summed E-state index contributed by atoms with van der Waals surface area (Å²) in [7, 11) is 0.786. The van der Waals surface area contributed by atoms with Crippen LogP contribution in [0.3, 0.4) is 0 Å². The van der Waals surface area contributed by atoms with Gasteiger partial charge in [0.05, 0.1) is 0 Å². The van der Waals surface area contributed by atoms with E-state index in [-0.39, 0.29) is 0 Å². The van der Waals surface area contributed by atoms with Crippen LogP contribution in [0.25, 0.3) is 0 Å². The van der Waals surface area contributed by atoms with Crippen LogP contribution < -0.4 is 0 Å². The maximum atomic E-state index is 11.8. The van der Waals surface area contributed by atoms with E-state index >= 15 is 0 Å². The molecular weight excluding hydrogens is 177 g/mol. The van der Waals surface area contributed by atoms with E-state index in [4.69, 9.17) is 0 Å². The van der Waals surface area contributed by atoms with Crippen molar-refractivity contribution in [3.8, 4) is 0 Å². The molecular formula is C6H7F3O3. The van der Waals surface area contributed by atoms with Gasteiger partial charge in [0.25, 0.3) is 6.29 Å². The van der Waals surface area contributed by atoms with Gasteiger partial charge in [-0.15, -0.1) is 0 Å². The number of halogens is 3. The zero-order valence-corrected chi connectivity index (χ0v) is 6.22. The number of esters is 1. The fourth-order valence-corrected chi connectivity index (χ4v) is 0.402. The normalized spacial score (nSPS) is 13.7. The van der Waals surface area contributed by atoms with Crippen LogP contribution in [0.1, 0.15) is 0 Å². The predicted octanol–water partition coefficient (Wildman–Crippen LogP) is 1.25. The summed E-state index contributed by atoms with van der Waals surface area (Å²) in [6.45, 7) is 2.93. The topological polar surface area (TPSA) is 35.5 Å². The maximum Gasteiger partial charge on any atom is 0.452 e. The Hall–Kier alpha value is -1.04. The summed E-state index contributed by atoms with van der Waals surface area (Å²) in [5.74, 6) is -1.18. The standard InChI is InChI=1S/C6H7F3O3/c1-3-4(10)12-5(11-2)6(7,8)9/h3,5H,1H2,2H3. The van der Waals surface area contributed by atoms with Crippen LogP contribution in [0.5, 0.6) is 0 Å². The van der Waals surface area contributed by atoms with E-state index in [1.54, 1.807) is 0 Å². The molecule has 0 N–H and O–H groups in total. The van der Waals surface area contributed by atoms with Gasteiger partial charge in [-0.05, 0) is 0 Å². The minimum atomic E-state index is -4.71. The van der Waals surface area contributed by atoms with Gasteiger partial charge in [-0.25, -0.2) is 4.79 Å². The van der Waals surface area contributed by atoms with Gasteiger partial charge < -0.3 is 9.47 Å². The van der Waals surface area contributed by atoms with E-state index < -0.39 is 18.4 Å². The Labute approximate surface area is 66.8 Å². The summed E-state index contributed by atoms with van der Waals surface area (Å²) in [6, 6.07) is 0. The highest BCUT2D eigenvalue weighted by Crippen LogP contribution is 2.23. The quantitative estimate of drug-likeness (QED) is 0.376. The summed E-state index contributed by atoms with van der Waals surface area (Å²) < 4.78 is 43.0. The Bertz CT molecular complexity index is 175. The molecule has 12 heavy (non-hydrogen) atoms. The number of hydrogen-bond donors (Lipinski definition) is 0. The van der Waals surface area contributed by atoms with E-state index in [1.165, 1.54) is 0 Å². The van der Waals surface area contributed by atoms with Gasteiger partial charge in [0.1, 0.15) is 0 Å². The first-order valence-corrected chi connectivity index (χ1v) is 2.84. The monoisotopic (exact) mass is 184 g/mol. The highest BCUT2D eigenvalue weighted by atomic mass is 19.4. The van der Waals surface area contributed by atoms with Crippen LogP contribution in [0, 0.1) is 0 Å². The summed E-state index contributed by atoms with van der Waals surface area (Å²) >= 11 is 0. The molecule has 6 heteroatoms. The number of carbonyl (C=O) groups excluding carboxylic acids is 1. The van der Waals surface area contributed by atoms with Crippen molar-refractivity contribution >= 4 is 5.97 Å². The Morgan fingerprint density at radius 2 is 2.08 bits per heavy atom. The lowest BCUT2D eigenvalue weighted by molar-refractivity contribution is -0.291. The van der Waals surface area contributed by atoms with Gasteiger partial charge in [-0.3, -0.25) is 0 Å². The largest absolute Gasteiger partial charge is 0.452 e. The third kappa shape index (κ3) is 3.38. The van der Waals surface area contributed by atoms with Crippen LogP contribution in [-0.2, 0) is 14.3 Å². The van der Waals surface area contributed by atoms with Crippen molar-refractivity contribution in [2.24, 2.45) is 0 Å². The van der Waals surface area contributed by atoms with Crippen molar-refractivity contribution in [3.05, 3.63) is 12.7 Å². The summed E-state index contributed by atoms with van der Waals surface area (Å²) in [5, 5.41) is 0. The van der Waals surface area contributed by atoms with E-state index in [1.807, 2.05) is 0 Å². The summed E-state index contributed by atoms with van der Waals surface area (Å²) in [6.07, 6.45) is -6.62. The number of carbonyl (C=O) groups is 1. The van der Waals surface area contributed by atoms with Crippen molar-refractivity contribution in [3.63, 3.8) is 0 Å². The van der Waals surface area contributed by atoms with Crippen molar-refractivity contribution in [2.75, 3.05) is 7.11 Å². The summed E-state index contributed by atoms with van der Waals surface area (Å²) in [5.41, 5.74) is 0. The van der Waals surface area contributed by atoms with Crippen LogP contribution >= 0.6 is 0 Å². The fraction of sp³-hybridized carbons (Fsp3) is 0.500. The van der Waals surface area contributed by atoms with Gasteiger partial charge in [0, 0.05) is 13.2 Å². The lowest BCUT2D eigenvalue weighted by Crippen LogP contribution is -2.34. The number of ether oxygens (including phenoxy) is 2. The molecule has 0 spiro atoms. The number of rotatable bonds is 3. The molecule has 0 bridgehead atoms. The smallest absolute Gasteiger partial charge is 0.422 e. The molecule has 0 saturated carbocycles. The third-order valence-electron chi connectivity index (χ3n) is 0.871. The van der Waals surface area contributed by atoms with Gasteiger partial charge in [-0.2, -0.15) is 13.2 Å². The van der Waals surface area contributed by atoms with Gasteiger partial charge in [-0.1, -0.05) is 6.58 Å². The van der Waals surface area contributed by atoms with Crippen LogP contribution in [0.4, 0.5) is 13.2 Å². The Kier molecular flexibility index (Phi) is 3.75. The minimum absolute atomic E-state index is 0.623. The lowest BCUT2D eigenvalue weighted by atomic mass is 10.6. The second-order valence-electron chi connectivity index (χ2n) is 1.75. The maximum absolute atomic E-state index is 11.8. The zero-order valence-electron chi connectivity index (χ0n) is 6.22. The van der Waals surface area contributed by atoms with E-state index in [2.05, 4.69) is 16.1 Å². The molecule has 0 aromatic rings. The molecule has 70 valence electrons. The molecule has 0 saturated heterocycles. The van der Waals surface area contributed by atoms with E-state index in [0.717, 1.165) is 7.11 Å². The molecule has 0 aliphatic rings. The molecule has 0 aliphatic carbocycles. The molecule has 0 aromatic carbocycles. The number of hydrogen-bond acceptors (Lipinski definition) is 3. The first kappa shape index (κ1) is 11.0. The van der Waals surface area contributed by atoms with Gasteiger partial charge in [0.15, 0.2) is 0 Å². The molecule has 0 heterocycles. The molecule has 0 aromatic heterocycles. The third-order valence-corrected chi connectivity index (χ3v) is 0.871. The average molecular weight is 184 g/mol. The van der Waals surface area contributed by atoms with Crippen LogP contribution in [-0.4, -0.2) is 25.5 Å². The van der Waals surface area contributed by atoms with E-state index in [9.17, 15) is 18.0 Å². The molecule has 1 unspecified atom stereocenters. The first-order valence-electron chi connectivity index (χ1n) is 2.84. The molecule has 3 nitrogen and oxygen atoms in total. The number of methoxy groups -OCH3 is 1. The van der Waals surface area contributed by atoms with Crippen molar-refractivity contribution < 1.29 is 27.4 Å². The van der Waals surface area contributed by atoms with Crippen LogP contribution in [0.15, 0.2) is 12.7 Å². The van der Waals surface area contributed by atoms with Crippen LogP contribution in [0.2, 0.25) is 0 Å². The Morgan fingerprint density at radius 3 is 2.33 bits per heavy atom. The Balaban J connectivity index is 4.18. The SMILES string of the molecule is C=CC(=O)OC(OC)C(F)(F)F. The zero-order chi connectivity index (χ0) is 9.78. The van der Waals surface area contributed by atoms with Gasteiger partial charge >= 0.3 is 12.1 Å². The van der Waals surface area contributed by atoms with Crippen molar-refractivity contribution in [2.45, 2.75) is 12.5 Å². The molecule has 1 atom stereocenters. The molecule has 0 amide bonds. The van der Waals surface area contributed by atoms with Gasteiger partial charge in [0.2, 0.25) is 0 Å². The first-order chi connectivity index (χ1) is 5.41. The summed E-state index contributed by atoms with van der Waals surface area (Å²) in [4.78, 5) is 10.3. The fourth-order valence-electron chi connectivity index (χ4n) is 0.402. The minimum Gasteiger partial charge on any atom is -0.422 e. The van der Waals surface area contributed by atoms with Crippen molar-refractivity contribution in [1.82, 2.24) is 0 Å². The Morgan fingerprint density at radius 1 is 1.58 bits per heavy atom. The van der Waals surface area contributed by atoms with Crippen molar-refractivity contribution in [1.29, 1.82) is 0 Å². The molecule has 0 rings (SSSR count). The predicted molar refractivity (Wildman–Crippen MR) is 33.1 cm³/mol.